The summed E-state index contributed by atoms with van der Waals surface area (Å²) in [6.07, 6.45) is 3.57. The summed E-state index contributed by atoms with van der Waals surface area (Å²) in [5, 5.41) is 23.1. The van der Waals surface area contributed by atoms with Crippen molar-refractivity contribution < 1.29 is 9.13 Å². The third-order valence-electron chi connectivity index (χ3n) is 6.86. The zero-order valence-electron chi connectivity index (χ0n) is 20.7. The maximum atomic E-state index is 16.0. The number of nitrogens with one attached hydrogen (secondary N) is 1. The number of hydrogen-bond acceptors (Lipinski definition) is 6. The van der Waals surface area contributed by atoms with E-state index in [2.05, 4.69) is 21.4 Å². The Morgan fingerprint density at radius 3 is 2.74 bits per heavy atom. The minimum absolute atomic E-state index is 0.0170. The van der Waals surface area contributed by atoms with Gasteiger partial charge in [0.15, 0.2) is 11.5 Å². The van der Waals surface area contributed by atoms with Crippen LogP contribution in [0.2, 0.25) is 5.02 Å². The van der Waals surface area contributed by atoms with Gasteiger partial charge in [0.2, 0.25) is 0 Å². The van der Waals surface area contributed by atoms with Gasteiger partial charge >= 0.3 is 0 Å². The Morgan fingerprint density at radius 2 is 2.05 bits per heavy atom. The van der Waals surface area contributed by atoms with Crippen LogP contribution in [-0.4, -0.2) is 30.6 Å². The second-order valence-electron chi connectivity index (χ2n) is 9.32. The lowest BCUT2D eigenvalue weighted by molar-refractivity contribution is 0.302. The van der Waals surface area contributed by atoms with Gasteiger partial charge < -0.3 is 15.0 Å². The maximum Gasteiger partial charge on any atom is 0.272 e. The molecule has 0 aliphatic heterocycles. The van der Waals surface area contributed by atoms with Crippen LogP contribution < -0.4 is 16.0 Å². The van der Waals surface area contributed by atoms with Gasteiger partial charge in [-0.2, -0.15) is 15.5 Å². The standard InChI is InChI=1S/C27H23ClFN7O2/c1-3-36-25(23-17(10-30)21(38-14-5-6-14)9-19(28)24(23)29)22(18-12-35(2)34-26(18)36)13-4-7-15-16(8-13)20(11-31)32-33-27(15)37/h4,7-9,12,14H,3,5-6,11,31H2,1-2H3,(H,33,37). The van der Waals surface area contributed by atoms with Crippen LogP contribution in [-0.2, 0) is 20.1 Å². The van der Waals surface area contributed by atoms with E-state index in [4.69, 9.17) is 22.1 Å². The highest BCUT2D eigenvalue weighted by molar-refractivity contribution is 6.31. The van der Waals surface area contributed by atoms with Gasteiger partial charge in [-0.3, -0.25) is 9.48 Å². The Hall–Kier alpha value is -4.20. The van der Waals surface area contributed by atoms with Gasteiger partial charge in [0.25, 0.3) is 5.56 Å². The molecule has 0 bridgehead atoms. The molecule has 0 saturated heterocycles. The largest absolute Gasteiger partial charge is 0.489 e. The van der Waals surface area contributed by atoms with Crippen molar-refractivity contribution in [1.82, 2.24) is 24.5 Å². The van der Waals surface area contributed by atoms with E-state index in [1.165, 1.54) is 6.07 Å². The summed E-state index contributed by atoms with van der Waals surface area (Å²) in [5.41, 5.74) is 8.63. The van der Waals surface area contributed by atoms with Crippen LogP contribution in [0.3, 0.4) is 0 Å². The molecule has 38 heavy (non-hydrogen) atoms. The minimum atomic E-state index is -0.714. The van der Waals surface area contributed by atoms with Gasteiger partial charge in [-0.15, -0.1) is 0 Å². The number of aromatic nitrogens is 5. The molecule has 3 aromatic heterocycles. The molecular formula is C27H23ClFN7O2. The molecule has 0 spiro atoms. The maximum absolute atomic E-state index is 16.0. The quantitative estimate of drug-likeness (QED) is 0.329. The van der Waals surface area contributed by atoms with Crippen LogP contribution in [0.25, 0.3) is 44.2 Å². The molecule has 0 amide bonds. The first-order chi connectivity index (χ1) is 18.4. The van der Waals surface area contributed by atoms with Gasteiger partial charge in [0, 0.05) is 48.7 Å². The summed E-state index contributed by atoms with van der Waals surface area (Å²) in [6.45, 7) is 2.49. The lowest BCUT2D eigenvalue weighted by atomic mass is 9.94. The Kier molecular flexibility index (Phi) is 5.70. The molecule has 3 N–H and O–H groups in total. The van der Waals surface area contributed by atoms with Crippen LogP contribution in [0.15, 0.2) is 35.3 Å². The van der Waals surface area contributed by atoms with Crippen LogP contribution in [0.4, 0.5) is 4.39 Å². The monoisotopic (exact) mass is 531 g/mol. The molecule has 5 aromatic rings. The van der Waals surface area contributed by atoms with E-state index >= 15 is 4.39 Å². The number of aryl methyl sites for hydroxylation is 2. The number of hydrogen-bond donors (Lipinski definition) is 2. The fourth-order valence-corrected chi connectivity index (χ4v) is 5.20. The van der Waals surface area contributed by atoms with Gasteiger partial charge in [0.05, 0.1) is 33.5 Å². The molecule has 1 fully saturated rings. The summed E-state index contributed by atoms with van der Waals surface area (Å²) in [7, 11) is 1.81. The highest BCUT2D eigenvalue weighted by Gasteiger charge is 2.31. The van der Waals surface area contributed by atoms with Crippen molar-refractivity contribution in [1.29, 1.82) is 5.26 Å². The highest BCUT2D eigenvalue weighted by atomic mass is 35.5. The first-order valence-corrected chi connectivity index (χ1v) is 12.6. The first-order valence-electron chi connectivity index (χ1n) is 12.2. The van der Waals surface area contributed by atoms with E-state index in [9.17, 15) is 10.1 Å². The van der Waals surface area contributed by atoms with Crippen molar-refractivity contribution in [3.63, 3.8) is 0 Å². The van der Waals surface area contributed by atoms with Crippen molar-refractivity contribution in [3.05, 3.63) is 62.9 Å². The van der Waals surface area contributed by atoms with Gasteiger partial charge in [-0.25, -0.2) is 9.49 Å². The fourth-order valence-electron chi connectivity index (χ4n) is 5.01. The Morgan fingerprint density at radius 1 is 1.26 bits per heavy atom. The second-order valence-corrected chi connectivity index (χ2v) is 9.73. The van der Waals surface area contributed by atoms with E-state index < -0.39 is 5.82 Å². The van der Waals surface area contributed by atoms with Crippen molar-refractivity contribution in [3.8, 4) is 34.2 Å². The zero-order valence-corrected chi connectivity index (χ0v) is 21.4. The number of nitrogens with zero attached hydrogens (tertiary/aromatic N) is 5. The predicted octanol–water partition coefficient (Wildman–Crippen LogP) is 4.63. The van der Waals surface area contributed by atoms with Crippen LogP contribution in [0.5, 0.6) is 5.75 Å². The third kappa shape index (κ3) is 3.66. The number of halogens is 2. The summed E-state index contributed by atoms with van der Waals surface area (Å²) < 4.78 is 25.5. The second kappa shape index (κ2) is 8.97. The van der Waals surface area contributed by atoms with E-state index in [0.29, 0.717) is 45.5 Å². The molecule has 3 heterocycles. The third-order valence-corrected chi connectivity index (χ3v) is 7.13. The number of ether oxygens (including phenoxy) is 1. The Bertz CT molecular complexity index is 1860. The number of nitriles is 1. The van der Waals surface area contributed by atoms with Gasteiger partial charge in [0.1, 0.15) is 17.4 Å². The van der Waals surface area contributed by atoms with E-state index in [0.717, 1.165) is 18.2 Å². The van der Waals surface area contributed by atoms with E-state index in [-0.39, 0.29) is 40.1 Å². The lowest BCUT2D eigenvalue weighted by Crippen LogP contribution is -2.13. The molecule has 1 aliphatic rings. The molecule has 2 aromatic carbocycles. The van der Waals surface area contributed by atoms with E-state index in [1.807, 2.05) is 30.8 Å². The summed E-state index contributed by atoms with van der Waals surface area (Å²) in [6, 6.07) is 8.84. The van der Waals surface area contributed by atoms with Crippen molar-refractivity contribution >= 4 is 33.4 Å². The predicted molar refractivity (Wildman–Crippen MR) is 142 cm³/mol. The molecule has 1 aliphatic carbocycles. The normalized spacial score (nSPS) is 13.4. The summed E-state index contributed by atoms with van der Waals surface area (Å²) in [4.78, 5) is 12.5. The van der Waals surface area contributed by atoms with Crippen LogP contribution in [0, 0.1) is 17.1 Å². The molecule has 0 radical (unpaired) electrons. The van der Waals surface area contributed by atoms with E-state index in [1.54, 1.807) is 16.8 Å². The molecular weight excluding hydrogens is 509 g/mol. The fraction of sp³-hybridized carbons (Fsp3) is 0.259. The smallest absolute Gasteiger partial charge is 0.272 e. The minimum Gasteiger partial charge on any atom is -0.489 e. The Labute approximate surface area is 221 Å². The molecule has 6 rings (SSSR count). The lowest BCUT2D eigenvalue weighted by Gasteiger charge is -2.17. The SMILES string of the molecule is CCn1c(-c2c(F)c(Cl)cc(OC3CC3)c2C#N)c(-c2ccc3c(=O)[nH]nc(CN)c3c2)c2cn(C)nc21. The first kappa shape index (κ1) is 24.2. The van der Waals surface area contributed by atoms with Crippen molar-refractivity contribution in [2.75, 3.05) is 0 Å². The number of H-pyrrole nitrogens is 1. The van der Waals surface area contributed by atoms with Gasteiger partial charge in [-0.05, 0) is 37.5 Å². The molecule has 9 nitrogen and oxygen atoms in total. The topological polar surface area (TPSA) is 128 Å². The molecule has 0 atom stereocenters. The Balaban J connectivity index is 1.74. The van der Waals surface area contributed by atoms with Crippen molar-refractivity contribution in [2.45, 2.75) is 39.0 Å². The number of nitrogens with two attached hydrogens (primary N) is 1. The number of rotatable bonds is 6. The average Bonchev–Trinajstić information content (AvgIpc) is 3.57. The molecule has 192 valence electrons. The molecule has 0 unspecified atom stereocenters. The van der Waals surface area contributed by atoms with Crippen LogP contribution >= 0.6 is 11.6 Å². The summed E-state index contributed by atoms with van der Waals surface area (Å²) in [5.74, 6) is -0.461. The summed E-state index contributed by atoms with van der Waals surface area (Å²) >= 11 is 6.37. The zero-order chi connectivity index (χ0) is 26.7. The highest BCUT2D eigenvalue weighted by Crippen LogP contribution is 2.47. The number of aromatic amines is 1. The van der Waals surface area contributed by atoms with Gasteiger partial charge in [-0.1, -0.05) is 17.7 Å². The number of benzene rings is 2. The van der Waals surface area contributed by atoms with Crippen molar-refractivity contribution in [2.24, 2.45) is 12.8 Å². The molecule has 1 saturated carbocycles. The van der Waals surface area contributed by atoms with Crippen LogP contribution in [0.1, 0.15) is 31.0 Å². The molecule has 11 heteroatoms. The average molecular weight is 532 g/mol. The number of fused-ring (bicyclic) bond motifs is 2.